The second-order valence-corrected chi connectivity index (χ2v) is 5.50. The maximum absolute atomic E-state index is 6.04. The van der Waals surface area contributed by atoms with Gasteiger partial charge in [-0.1, -0.05) is 23.7 Å². The number of hydrogen-bond donors (Lipinski definition) is 1. The smallest absolute Gasteiger partial charge is 0.137 e. The summed E-state index contributed by atoms with van der Waals surface area (Å²) in [5, 5.41) is 3.86. The first kappa shape index (κ1) is 15.1. The first-order chi connectivity index (χ1) is 10.8. The lowest BCUT2D eigenvalue weighted by Crippen LogP contribution is -2.13. The summed E-state index contributed by atoms with van der Waals surface area (Å²) >= 11 is 6.04. The molecule has 1 aromatic carbocycles. The van der Waals surface area contributed by atoms with Crippen LogP contribution in [-0.2, 0) is 4.74 Å². The van der Waals surface area contributed by atoms with Crippen LogP contribution in [0.15, 0.2) is 36.7 Å². The van der Waals surface area contributed by atoms with E-state index in [1.165, 1.54) is 0 Å². The lowest BCUT2D eigenvalue weighted by molar-refractivity contribution is 0.193. The molecule has 3 rings (SSSR count). The molecule has 0 bridgehead atoms. The molecule has 1 aliphatic rings. The van der Waals surface area contributed by atoms with Crippen molar-refractivity contribution >= 4 is 17.4 Å². The number of ether oxygens (including phenoxy) is 2. The van der Waals surface area contributed by atoms with Crippen LogP contribution in [0.5, 0.6) is 5.75 Å². The first-order valence-corrected chi connectivity index (χ1v) is 7.71. The number of benzene rings is 1. The van der Waals surface area contributed by atoms with Crippen LogP contribution in [-0.4, -0.2) is 36.3 Å². The topological polar surface area (TPSA) is 56.3 Å². The number of para-hydroxylation sites is 1. The molecule has 6 heteroatoms. The minimum absolute atomic E-state index is 0.378. The number of nitrogens with zero attached hydrogens (tertiary/aromatic N) is 2. The fourth-order valence-electron chi connectivity index (χ4n) is 2.36. The Morgan fingerprint density at radius 2 is 2.23 bits per heavy atom. The summed E-state index contributed by atoms with van der Waals surface area (Å²) < 4.78 is 11.0. The lowest BCUT2D eigenvalue weighted by atomic mass is 10.1. The van der Waals surface area contributed by atoms with Gasteiger partial charge in [0.15, 0.2) is 0 Å². The van der Waals surface area contributed by atoms with Gasteiger partial charge in [0.05, 0.1) is 23.9 Å². The van der Waals surface area contributed by atoms with Gasteiger partial charge in [-0.15, -0.1) is 0 Å². The predicted octanol–water partition coefficient (Wildman–Crippen LogP) is 3.12. The van der Waals surface area contributed by atoms with Gasteiger partial charge >= 0.3 is 0 Å². The molecule has 1 atom stereocenters. The SMILES string of the molecule is Clc1ccccc1OCCNc1cc([C@@H]2CCOC2)ncn1. The van der Waals surface area contributed by atoms with E-state index in [1.54, 1.807) is 6.33 Å². The third kappa shape index (κ3) is 3.87. The van der Waals surface area contributed by atoms with Crippen molar-refractivity contribution < 1.29 is 9.47 Å². The van der Waals surface area contributed by atoms with Gasteiger partial charge in [0.1, 0.15) is 24.5 Å². The van der Waals surface area contributed by atoms with Gasteiger partial charge in [0.25, 0.3) is 0 Å². The van der Waals surface area contributed by atoms with Crippen molar-refractivity contribution in [3.05, 3.63) is 47.4 Å². The second kappa shape index (κ2) is 7.42. The molecule has 0 saturated carbocycles. The summed E-state index contributed by atoms with van der Waals surface area (Å²) in [6.07, 6.45) is 2.61. The van der Waals surface area contributed by atoms with E-state index in [-0.39, 0.29) is 0 Å². The van der Waals surface area contributed by atoms with E-state index in [2.05, 4.69) is 15.3 Å². The van der Waals surface area contributed by atoms with E-state index in [0.29, 0.717) is 29.8 Å². The van der Waals surface area contributed by atoms with Gasteiger partial charge in [-0.2, -0.15) is 0 Å². The number of halogens is 1. The molecule has 116 valence electrons. The fourth-order valence-corrected chi connectivity index (χ4v) is 2.55. The molecule has 22 heavy (non-hydrogen) atoms. The van der Waals surface area contributed by atoms with Gasteiger partial charge < -0.3 is 14.8 Å². The van der Waals surface area contributed by atoms with E-state index in [4.69, 9.17) is 21.1 Å². The average Bonchev–Trinajstić information content (AvgIpc) is 3.08. The zero-order chi connectivity index (χ0) is 15.2. The van der Waals surface area contributed by atoms with E-state index < -0.39 is 0 Å². The highest BCUT2D eigenvalue weighted by Gasteiger charge is 2.19. The van der Waals surface area contributed by atoms with Crippen LogP contribution < -0.4 is 10.1 Å². The van der Waals surface area contributed by atoms with Crippen LogP contribution in [0.3, 0.4) is 0 Å². The lowest BCUT2D eigenvalue weighted by Gasteiger charge is -2.11. The summed E-state index contributed by atoms with van der Waals surface area (Å²) in [5.74, 6) is 1.88. The summed E-state index contributed by atoms with van der Waals surface area (Å²) in [7, 11) is 0. The maximum Gasteiger partial charge on any atom is 0.137 e. The minimum Gasteiger partial charge on any atom is -0.490 e. The fraction of sp³-hybridized carbons (Fsp3) is 0.375. The number of rotatable bonds is 6. The largest absolute Gasteiger partial charge is 0.490 e. The van der Waals surface area contributed by atoms with Gasteiger partial charge in [0.2, 0.25) is 0 Å². The Balaban J connectivity index is 1.49. The molecule has 0 unspecified atom stereocenters. The van der Waals surface area contributed by atoms with Gasteiger partial charge in [-0.3, -0.25) is 0 Å². The Hall–Kier alpha value is -1.85. The molecule has 0 radical (unpaired) electrons. The number of anilines is 1. The average molecular weight is 320 g/mol. The van der Waals surface area contributed by atoms with Crippen molar-refractivity contribution in [1.82, 2.24) is 9.97 Å². The Morgan fingerprint density at radius 1 is 1.32 bits per heavy atom. The molecule has 1 saturated heterocycles. The third-order valence-electron chi connectivity index (χ3n) is 3.54. The zero-order valence-electron chi connectivity index (χ0n) is 12.2. The number of aromatic nitrogens is 2. The van der Waals surface area contributed by atoms with Crippen molar-refractivity contribution in [3.63, 3.8) is 0 Å². The molecule has 0 spiro atoms. The van der Waals surface area contributed by atoms with Gasteiger partial charge in [-0.05, 0) is 18.6 Å². The van der Waals surface area contributed by atoms with Gasteiger partial charge in [-0.25, -0.2) is 9.97 Å². The molecule has 1 fully saturated rings. The summed E-state index contributed by atoms with van der Waals surface area (Å²) in [6.45, 7) is 2.70. The van der Waals surface area contributed by atoms with Crippen molar-refractivity contribution in [2.75, 3.05) is 31.7 Å². The highest BCUT2D eigenvalue weighted by Crippen LogP contribution is 2.24. The van der Waals surface area contributed by atoms with Crippen LogP contribution in [0.1, 0.15) is 18.0 Å². The summed E-state index contributed by atoms with van der Waals surface area (Å²) in [6, 6.07) is 9.42. The monoisotopic (exact) mass is 319 g/mol. The Morgan fingerprint density at radius 3 is 3.05 bits per heavy atom. The van der Waals surface area contributed by atoms with Crippen molar-refractivity contribution in [1.29, 1.82) is 0 Å². The Bertz CT molecular complexity index is 618. The first-order valence-electron chi connectivity index (χ1n) is 7.34. The highest BCUT2D eigenvalue weighted by atomic mass is 35.5. The zero-order valence-corrected chi connectivity index (χ0v) is 12.9. The standard InChI is InChI=1S/C16H18ClN3O2/c17-13-3-1-2-4-15(13)22-8-6-18-16-9-14(19-11-20-16)12-5-7-21-10-12/h1-4,9,11-12H,5-8,10H2,(H,18,19,20)/t12-/m1/s1. The Kier molecular flexibility index (Phi) is 5.08. The van der Waals surface area contributed by atoms with Crippen molar-refractivity contribution in [3.8, 4) is 5.75 Å². The van der Waals surface area contributed by atoms with Crippen molar-refractivity contribution in [2.24, 2.45) is 0 Å². The number of hydrogen-bond acceptors (Lipinski definition) is 5. The minimum atomic E-state index is 0.378. The molecule has 0 amide bonds. The van der Waals surface area contributed by atoms with Crippen LogP contribution in [0, 0.1) is 0 Å². The molecule has 2 aromatic rings. The van der Waals surface area contributed by atoms with Crippen LogP contribution in [0.25, 0.3) is 0 Å². The molecular weight excluding hydrogens is 302 g/mol. The van der Waals surface area contributed by atoms with E-state index in [1.807, 2.05) is 30.3 Å². The quantitative estimate of drug-likeness (QED) is 0.829. The van der Waals surface area contributed by atoms with E-state index in [9.17, 15) is 0 Å². The summed E-state index contributed by atoms with van der Waals surface area (Å²) in [4.78, 5) is 8.56. The Labute approximate surface area is 134 Å². The highest BCUT2D eigenvalue weighted by molar-refractivity contribution is 6.32. The van der Waals surface area contributed by atoms with Gasteiger partial charge in [0, 0.05) is 18.6 Å². The van der Waals surface area contributed by atoms with E-state index >= 15 is 0 Å². The molecule has 1 aliphatic heterocycles. The molecule has 1 aromatic heterocycles. The van der Waals surface area contributed by atoms with Crippen LogP contribution in [0.4, 0.5) is 5.82 Å². The molecule has 2 heterocycles. The molecule has 5 nitrogen and oxygen atoms in total. The van der Waals surface area contributed by atoms with Crippen molar-refractivity contribution in [2.45, 2.75) is 12.3 Å². The predicted molar refractivity (Wildman–Crippen MR) is 85.6 cm³/mol. The normalized spacial score (nSPS) is 17.4. The third-order valence-corrected chi connectivity index (χ3v) is 3.85. The summed E-state index contributed by atoms with van der Waals surface area (Å²) in [5.41, 5.74) is 1.03. The maximum atomic E-state index is 6.04. The van der Waals surface area contributed by atoms with Crippen LogP contribution in [0.2, 0.25) is 5.02 Å². The second-order valence-electron chi connectivity index (χ2n) is 5.09. The van der Waals surface area contributed by atoms with Crippen LogP contribution >= 0.6 is 11.6 Å². The molecule has 1 N–H and O–H groups in total. The molecular formula is C16H18ClN3O2. The molecule has 0 aliphatic carbocycles. The van der Waals surface area contributed by atoms with E-state index in [0.717, 1.165) is 31.1 Å². The number of nitrogens with one attached hydrogen (secondary N) is 1.